The van der Waals surface area contributed by atoms with Crippen molar-refractivity contribution in [1.29, 1.82) is 0 Å². The second-order valence-corrected chi connectivity index (χ2v) is 7.91. The fourth-order valence-electron chi connectivity index (χ4n) is 3.30. The van der Waals surface area contributed by atoms with Crippen LogP contribution in [0.1, 0.15) is 27.9 Å². The molecule has 9 nitrogen and oxygen atoms in total. The molecule has 4 N–H and O–H groups in total. The van der Waals surface area contributed by atoms with Gasteiger partial charge in [0.2, 0.25) is 5.75 Å². The lowest BCUT2D eigenvalue weighted by atomic mass is 10.0. The summed E-state index contributed by atoms with van der Waals surface area (Å²) in [5.74, 6) is -0.815. The van der Waals surface area contributed by atoms with Gasteiger partial charge in [0.25, 0.3) is 11.5 Å². The molecular formula is C23H21N3O6S. The number of thiol groups is 1. The quantitative estimate of drug-likeness (QED) is 0.364. The average molecular weight is 468 g/mol. The van der Waals surface area contributed by atoms with Crippen LogP contribution in [0.25, 0.3) is 0 Å². The number of hydrogen-bond donors (Lipinski definition) is 5. The zero-order valence-electron chi connectivity index (χ0n) is 17.3. The van der Waals surface area contributed by atoms with Gasteiger partial charge in [-0.1, -0.05) is 36.4 Å². The lowest BCUT2D eigenvalue weighted by molar-refractivity contribution is 0.102. The maximum atomic E-state index is 12.8. The molecule has 0 radical (unpaired) electrons. The monoisotopic (exact) mass is 467 g/mol. The molecule has 1 atom stereocenters. The number of rotatable bonds is 5. The molecule has 1 aromatic heterocycles. The highest BCUT2D eigenvalue weighted by Crippen LogP contribution is 2.32. The fraction of sp³-hybridized carbons (Fsp3) is 0.174. The number of amides is 2. The Balaban J connectivity index is 1.51. The summed E-state index contributed by atoms with van der Waals surface area (Å²) >= 11 is 4.32. The van der Waals surface area contributed by atoms with E-state index >= 15 is 0 Å². The Morgan fingerprint density at radius 1 is 1.18 bits per heavy atom. The predicted octanol–water partition coefficient (Wildman–Crippen LogP) is 3.66. The van der Waals surface area contributed by atoms with Crippen LogP contribution >= 0.6 is 12.6 Å². The minimum absolute atomic E-state index is 0.0188. The first kappa shape index (κ1) is 22.3. The van der Waals surface area contributed by atoms with Crippen LogP contribution in [0.2, 0.25) is 0 Å². The number of ether oxygens (including phenoxy) is 2. The summed E-state index contributed by atoms with van der Waals surface area (Å²) in [6.07, 6.45) is 1.86. The van der Waals surface area contributed by atoms with Gasteiger partial charge in [0.15, 0.2) is 0 Å². The number of carbonyl (C=O) groups is 2. The molecule has 1 unspecified atom stereocenters. The number of benzene rings is 2. The first-order valence-electron chi connectivity index (χ1n) is 10.1. The summed E-state index contributed by atoms with van der Waals surface area (Å²) in [7, 11) is 0. The molecule has 4 rings (SSSR count). The molecule has 0 bridgehead atoms. The average Bonchev–Trinajstić information content (AvgIpc) is 2.82. The van der Waals surface area contributed by atoms with Crippen LogP contribution in [0.15, 0.2) is 59.5 Å². The maximum Gasteiger partial charge on any atom is 0.412 e. The van der Waals surface area contributed by atoms with Crippen LogP contribution in [0.4, 0.5) is 16.2 Å². The van der Waals surface area contributed by atoms with Gasteiger partial charge in [0.05, 0.1) is 5.69 Å². The van der Waals surface area contributed by atoms with E-state index in [1.54, 1.807) is 30.3 Å². The number of aryl methyl sites for hydroxylation is 1. The lowest BCUT2D eigenvalue weighted by Crippen LogP contribution is -2.21. The van der Waals surface area contributed by atoms with Gasteiger partial charge in [0.1, 0.15) is 23.5 Å². The van der Waals surface area contributed by atoms with Crippen LogP contribution in [0.5, 0.6) is 11.5 Å². The van der Waals surface area contributed by atoms with Crippen molar-refractivity contribution in [1.82, 2.24) is 4.98 Å². The molecule has 1 aliphatic heterocycles. The van der Waals surface area contributed by atoms with E-state index in [4.69, 9.17) is 9.47 Å². The van der Waals surface area contributed by atoms with E-state index in [2.05, 4.69) is 28.2 Å². The Bertz CT molecular complexity index is 1240. The molecule has 0 fully saturated rings. The number of anilines is 2. The van der Waals surface area contributed by atoms with E-state index in [-0.39, 0.29) is 29.0 Å². The molecular weight excluding hydrogens is 446 g/mol. The van der Waals surface area contributed by atoms with Crippen molar-refractivity contribution in [2.75, 3.05) is 10.6 Å². The van der Waals surface area contributed by atoms with Crippen LogP contribution in [0, 0.1) is 0 Å². The van der Waals surface area contributed by atoms with Crippen molar-refractivity contribution in [3.05, 3.63) is 81.8 Å². The summed E-state index contributed by atoms with van der Waals surface area (Å²) in [4.78, 5) is 39.3. The predicted molar refractivity (Wildman–Crippen MR) is 125 cm³/mol. The summed E-state index contributed by atoms with van der Waals surface area (Å²) in [6, 6.07) is 14.0. The smallest absolute Gasteiger partial charge is 0.412 e. The number of aromatic amines is 1. The van der Waals surface area contributed by atoms with Gasteiger partial charge in [-0.15, -0.1) is 12.6 Å². The molecule has 0 saturated heterocycles. The molecule has 3 aromatic rings. The highest BCUT2D eigenvalue weighted by molar-refractivity contribution is 7.80. The van der Waals surface area contributed by atoms with Crippen molar-refractivity contribution in [3.8, 4) is 11.5 Å². The van der Waals surface area contributed by atoms with E-state index in [9.17, 15) is 19.5 Å². The highest BCUT2D eigenvalue weighted by atomic mass is 32.1. The molecule has 0 spiro atoms. The van der Waals surface area contributed by atoms with Gasteiger partial charge in [-0.3, -0.25) is 14.9 Å². The molecule has 170 valence electrons. The largest absolute Gasteiger partial charge is 0.502 e. The third kappa shape index (κ3) is 5.29. The Morgan fingerprint density at radius 3 is 2.76 bits per heavy atom. The molecule has 2 heterocycles. The van der Waals surface area contributed by atoms with Crippen LogP contribution in [-0.4, -0.2) is 27.5 Å². The SMILES string of the molecule is O=C(Nc1c[nH]c(=O)c(O)c1NC(=O)c1ccc2c(c1)OC(S)CC2)OCc1ccccc1. The van der Waals surface area contributed by atoms with Crippen LogP contribution in [-0.2, 0) is 17.8 Å². The summed E-state index contributed by atoms with van der Waals surface area (Å²) < 4.78 is 10.8. The maximum absolute atomic E-state index is 12.8. The minimum Gasteiger partial charge on any atom is -0.502 e. The first-order valence-corrected chi connectivity index (χ1v) is 10.6. The second-order valence-electron chi connectivity index (χ2n) is 7.33. The Hall–Kier alpha value is -3.92. The topological polar surface area (TPSA) is 130 Å². The number of H-pyrrole nitrogens is 1. The Morgan fingerprint density at radius 2 is 1.97 bits per heavy atom. The van der Waals surface area contributed by atoms with Gasteiger partial charge in [-0.25, -0.2) is 4.79 Å². The van der Waals surface area contributed by atoms with Crippen LogP contribution in [0.3, 0.4) is 0 Å². The van der Waals surface area contributed by atoms with E-state index in [1.807, 2.05) is 18.2 Å². The number of carbonyl (C=O) groups excluding carboxylic acids is 2. The number of nitrogens with one attached hydrogen (secondary N) is 3. The molecule has 2 aromatic carbocycles. The van der Waals surface area contributed by atoms with Crippen molar-refractivity contribution < 1.29 is 24.2 Å². The molecule has 0 aliphatic carbocycles. The van der Waals surface area contributed by atoms with Gasteiger partial charge >= 0.3 is 6.09 Å². The second kappa shape index (κ2) is 9.70. The zero-order chi connectivity index (χ0) is 23.4. The fourth-order valence-corrected chi connectivity index (χ4v) is 3.54. The van der Waals surface area contributed by atoms with Crippen molar-refractivity contribution in [2.45, 2.75) is 24.9 Å². The van der Waals surface area contributed by atoms with Gasteiger partial charge < -0.3 is 24.9 Å². The molecule has 10 heteroatoms. The van der Waals surface area contributed by atoms with E-state index in [0.29, 0.717) is 5.75 Å². The molecule has 0 saturated carbocycles. The minimum atomic E-state index is -0.833. The van der Waals surface area contributed by atoms with Crippen molar-refractivity contribution >= 4 is 36.0 Å². The molecule has 1 aliphatic rings. The van der Waals surface area contributed by atoms with Gasteiger partial charge in [0, 0.05) is 11.8 Å². The number of aromatic hydroxyl groups is 1. The summed E-state index contributed by atoms with van der Waals surface area (Å²) in [6.45, 7) is 0.0188. The zero-order valence-corrected chi connectivity index (χ0v) is 18.2. The van der Waals surface area contributed by atoms with Crippen molar-refractivity contribution in [2.24, 2.45) is 0 Å². The van der Waals surface area contributed by atoms with E-state index in [1.165, 1.54) is 0 Å². The summed E-state index contributed by atoms with van der Waals surface area (Å²) in [5, 5.41) is 15.1. The normalized spacial score (nSPS) is 14.5. The van der Waals surface area contributed by atoms with Gasteiger partial charge in [-0.05, 0) is 36.1 Å². The lowest BCUT2D eigenvalue weighted by Gasteiger charge is -2.23. The highest BCUT2D eigenvalue weighted by Gasteiger charge is 2.21. The van der Waals surface area contributed by atoms with Crippen LogP contribution < -0.4 is 20.9 Å². The first-order chi connectivity index (χ1) is 15.9. The van der Waals surface area contributed by atoms with Gasteiger partial charge in [-0.2, -0.15) is 0 Å². The number of pyridine rings is 1. The molecule has 33 heavy (non-hydrogen) atoms. The summed E-state index contributed by atoms with van der Waals surface area (Å²) in [5.41, 5.74) is 0.594. The third-order valence-corrected chi connectivity index (χ3v) is 5.37. The Labute approximate surface area is 194 Å². The Kier molecular flexibility index (Phi) is 6.55. The third-order valence-electron chi connectivity index (χ3n) is 5.01. The van der Waals surface area contributed by atoms with E-state index in [0.717, 1.165) is 30.2 Å². The number of fused-ring (bicyclic) bond motifs is 1. The van der Waals surface area contributed by atoms with Crippen molar-refractivity contribution in [3.63, 3.8) is 0 Å². The number of hydrogen-bond acceptors (Lipinski definition) is 7. The molecule has 2 amide bonds. The number of aromatic nitrogens is 1. The standard InChI is InChI=1S/C23H21N3O6S/c27-20-19(26-21(28)15-7-6-14-8-9-18(33)32-17(14)10-15)16(11-24-22(20)29)25-23(30)31-12-13-4-2-1-3-5-13/h1-7,10-11,18,27,33H,8-9,12H2,(H,25,30)(H2,24,26,28,29). The van der Waals surface area contributed by atoms with E-state index < -0.39 is 23.3 Å².